The molecule has 4 fully saturated rings. The van der Waals surface area contributed by atoms with Crippen LogP contribution in [0.5, 0.6) is 5.88 Å². The molecular weight excluding hydrogens is 458 g/mol. The number of piperidine rings is 1. The number of ether oxygens (including phenoxy) is 2. The van der Waals surface area contributed by atoms with Gasteiger partial charge in [0.15, 0.2) is 5.60 Å². The van der Waals surface area contributed by atoms with Crippen LogP contribution >= 0.6 is 11.6 Å². The smallest absolute Gasteiger partial charge is 0.313 e. The lowest BCUT2D eigenvalue weighted by molar-refractivity contribution is -0.173. The first-order valence-corrected chi connectivity index (χ1v) is 12.4. The Labute approximate surface area is 204 Å². The third kappa shape index (κ3) is 3.10. The number of carbonyl (C=O) groups is 3. The molecule has 1 aromatic rings. The molecular formula is C25H32ClN3O5. The van der Waals surface area contributed by atoms with Crippen LogP contribution in [-0.2, 0) is 14.3 Å². The van der Waals surface area contributed by atoms with Crippen LogP contribution in [0, 0.1) is 16.2 Å². The van der Waals surface area contributed by atoms with Gasteiger partial charge in [-0.25, -0.2) is 4.98 Å². The van der Waals surface area contributed by atoms with E-state index in [1.807, 2.05) is 30.6 Å². The van der Waals surface area contributed by atoms with Gasteiger partial charge in [-0.05, 0) is 50.5 Å². The number of halogens is 1. The summed E-state index contributed by atoms with van der Waals surface area (Å²) < 4.78 is 11.0. The largest absolute Gasteiger partial charge is 0.481 e. The van der Waals surface area contributed by atoms with E-state index in [0.29, 0.717) is 50.5 Å². The third-order valence-electron chi connectivity index (χ3n) is 9.49. The Hall–Kier alpha value is -2.35. The molecule has 2 bridgehead atoms. The molecule has 34 heavy (non-hydrogen) atoms. The summed E-state index contributed by atoms with van der Waals surface area (Å²) in [5.74, 6) is -0.0639. The molecule has 4 aliphatic rings. The van der Waals surface area contributed by atoms with Gasteiger partial charge in [-0.1, -0.05) is 25.4 Å². The van der Waals surface area contributed by atoms with Crippen LogP contribution < -0.4 is 4.74 Å². The topological polar surface area (TPSA) is 89.0 Å². The van der Waals surface area contributed by atoms with Crippen molar-refractivity contribution in [2.45, 2.75) is 58.5 Å². The second kappa shape index (κ2) is 7.57. The maximum absolute atomic E-state index is 13.8. The van der Waals surface area contributed by atoms with E-state index in [2.05, 4.69) is 4.98 Å². The van der Waals surface area contributed by atoms with Crippen LogP contribution in [-0.4, -0.2) is 71.5 Å². The molecule has 5 rings (SSSR count). The lowest BCUT2D eigenvalue weighted by Crippen LogP contribution is -2.55. The third-order valence-corrected chi connectivity index (χ3v) is 9.69. The standard InChI is InChI=1S/C25H32ClN3O5/c1-22(2)23(3)5-6-25(22,34-21(23)32)20(31)29-12-9-24(15-29)7-10-28(11-8-24)19(30)16-13-17(26)27-18(14-16)33-4/h13-14H,5-12,15H2,1-4H3. The quantitative estimate of drug-likeness (QED) is 0.478. The zero-order chi connectivity index (χ0) is 24.5. The molecule has 184 valence electrons. The lowest BCUT2D eigenvalue weighted by Gasteiger charge is -2.41. The monoisotopic (exact) mass is 489 g/mol. The van der Waals surface area contributed by atoms with Gasteiger partial charge in [-0.2, -0.15) is 0 Å². The summed E-state index contributed by atoms with van der Waals surface area (Å²) in [4.78, 5) is 47.2. The Kier molecular flexibility index (Phi) is 5.21. The first-order chi connectivity index (χ1) is 16.0. The molecule has 1 aliphatic carbocycles. The molecule has 2 unspecified atom stereocenters. The number of hydrogen-bond donors (Lipinski definition) is 0. The SMILES string of the molecule is COc1cc(C(=O)N2CCC3(CC2)CCN(C(=O)C24CCC(C)(C(=O)O2)C4(C)C)C3)cc(Cl)n1. The second-order valence-electron chi connectivity index (χ2n) is 11.2. The second-order valence-corrected chi connectivity index (χ2v) is 11.6. The van der Waals surface area contributed by atoms with Gasteiger partial charge in [0.25, 0.3) is 11.8 Å². The predicted octanol–water partition coefficient (Wildman–Crippen LogP) is 3.32. The molecule has 3 saturated heterocycles. The first kappa shape index (κ1) is 23.4. The van der Waals surface area contributed by atoms with Gasteiger partial charge in [0.2, 0.25) is 5.88 Å². The fourth-order valence-electron chi connectivity index (χ4n) is 6.56. The van der Waals surface area contributed by atoms with Gasteiger partial charge in [0, 0.05) is 43.2 Å². The Morgan fingerprint density at radius 2 is 1.68 bits per heavy atom. The van der Waals surface area contributed by atoms with Crippen molar-refractivity contribution in [1.82, 2.24) is 14.8 Å². The van der Waals surface area contributed by atoms with Gasteiger partial charge < -0.3 is 19.3 Å². The van der Waals surface area contributed by atoms with Crippen molar-refractivity contribution in [3.63, 3.8) is 0 Å². The van der Waals surface area contributed by atoms with E-state index in [1.54, 1.807) is 12.1 Å². The minimum atomic E-state index is -1.05. The molecule has 1 aromatic heterocycles. The normalized spacial score (nSPS) is 31.1. The highest BCUT2D eigenvalue weighted by atomic mass is 35.5. The van der Waals surface area contributed by atoms with Gasteiger partial charge in [0.05, 0.1) is 12.5 Å². The average Bonchev–Trinajstić information content (AvgIpc) is 3.36. The van der Waals surface area contributed by atoms with E-state index in [1.165, 1.54) is 7.11 Å². The molecule has 4 heterocycles. The van der Waals surface area contributed by atoms with Crippen LogP contribution in [0.2, 0.25) is 5.15 Å². The Bertz CT molecular complexity index is 1070. The van der Waals surface area contributed by atoms with Crippen molar-refractivity contribution in [1.29, 1.82) is 0 Å². The molecule has 8 nitrogen and oxygen atoms in total. The minimum absolute atomic E-state index is 0.00861. The number of carbonyl (C=O) groups excluding carboxylic acids is 3. The molecule has 2 atom stereocenters. The number of hydrogen-bond acceptors (Lipinski definition) is 6. The van der Waals surface area contributed by atoms with E-state index in [0.717, 1.165) is 19.3 Å². The molecule has 3 aliphatic heterocycles. The zero-order valence-electron chi connectivity index (χ0n) is 20.3. The number of amides is 2. The summed E-state index contributed by atoms with van der Waals surface area (Å²) in [5, 5.41) is 0.221. The molecule has 0 radical (unpaired) electrons. The maximum Gasteiger partial charge on any atom is 0.313 e. The van der Waals surface area contributed by atoms with Crippen LogP contribution in [0.25, 0.3) is 0 Å². The van der Waals surface area contributed by atoms with Crippen LogP contribution in [0.1, 0.15) is 63.2 Å². The van der Waals surface area contributed by atoms with Crippen molar-refractivity contribution in [2.24, 2.45) is 16.2 Å². The summed E-state index contributed by atoms with van der Waals surface area (Å²) in [6.07, 6.45) is 3.82. The first-order valence-electron chi connectivity index (χ1n) is 12.0. The van der Waals surface area contributed by atoms with Crippen molar-refractivity contribution in [3.05, 3.63) is 22.8 Å². The fourth-order valence-corrected chi connectivity index (χ4v) is 6.76. The van der Waals surface area contributed by atoms with Crippen molar-refractivity contribution in [2.75, 3.05) is 33.3 Å². The van der Waals surface area contributed by atoms with E-state index in [4.69, 9.17) is 21.1 Å². The van der Waals surface area contributed by atoms with E-state index >= 15 is 0 Å². The number of likely N-dealkylation sites (tertiary alicyclic amines) is 2. The molecule has 1 saturated carbocycles. The molecule has 9 heteroatoms. The maximum atomic E-state index is 13.8. The Balaban J connectivity index is 1.26. The summed E-state index contributed by atoms with van der Waals surface area (Å²) in [5.41, 5.74) is -1.74. The number of fused-ring (bicyclic) bond motifs is 2. The average molecular weight is 490 g/mol. The summed E-state index contributed by atoms with van der Waals surface area (Å²) >= 11 is 6.04. The van der Waals surface area contributed by atoms with Gasteiger partial charge in [0.1, 0.15) is 5.15 Å². The van der Waals surface area contributed by atoms with Gasteiger partial charge >= 0.3 is 5.97 Å². The van der Waals surface area contributed by atoms with Gasteiger partial charge in [-0.3, -0.25) is 14.4 Å². The summed E-state index contributed by atoms with van der Waals surface area (Å²) in [6, 6.07) is 3.17. The van der Waals surface area contributed by atoms with Crippen LogP contribution in [0.3, 0.4) is 0 Å². The predicted molar refractivity (Wildman–Crippen MR) is 125 cm³/mol. The Morgan fingerprint density at radius 3 is 2.24 bits per heavy atom. The number of methoxy groups -OCH3 is 1. The zero-order valence-corrected chi connectivity index (χ0v) is 21.0. The van der Waals surface area contributed by atoms with E-state index in [-0.39, 0.29) is 28.4 Å². The van der Waals surface area contributed by atoms with Crippen molar-refractivity contribution >= 4 is 29.4 Å². The summed E-state index contributed by atoms with van der Waals surface area (Å²) in [7, 11) is 1.49. The molecule has 0 N–H and O–H groups in total. The van der Waals surface area contributed by atoms with E-state index in [9.17, 15) is 14.4 Å². The molecule has 2 amide bonds. The molecule has 0 aromatic carbocycles. The fraction of sp³-hybridized carbons (Fsp3) is 0.680. The highest BCUT2D eigenvalue weighted by molar-refractivity contribution is 6.29. The number of rotatable bonds is 3. The number of nitrogens with zero attached hydrogens (tertiary/aromatic N) is 3. The lowest BCUT2D eigenvalue weighted by atomic mass is 9.66. The number of pyridine rings is 1. The van der Waals surface area contributed by atoms with E-state index < -0.39 is 16.4 Å². The molecule has 1 spiro atoms. The van der Waals surface area contributed by atoms with Crippen molar-refractivity contribution < 1.29 is 23.9 Å². The van der Waals surface area contributed by atoms with Gasteiger partial charge in [-0.15, -0.1) is 0 Å². The summed E-state index contributed by atoms with van der Waals surface area (Å²) in [6.45, 7) is 8.48. The minimum Gasteiger partial charge on any atom is -0.481 e. The van der Waals surface area contributed by atoms with Crippen LogP contribution in [0.15, 0.2) is 12.1 Å². The Morgan fingerprint density at radius 1 is 1.03 bits per heavy atom. The number of aromatic nitrogens is 1. The van der Waals surface area contributed by atoms with Crippen molar-refractivity contribution in [3.8, 4) is 5.88 Å². The van der Waals surface area contributed by atoms with Crippen LogP contribution in [0.4, 0.5) is 0 Å². The highest BCUT2D eigenvalue weighted by Crippen LogP contribution is 2.66. The highest BCUT2D eigenvalue weighted by Gasteiger charge is 2.76. The number of esters is 1.